The Morgan fingerprint density at radius 2 is 1.75 bits per heavy atom. The summed E-state index contributed by atoms with van der Waals surface area (Å²) < 4.78 is 5.57. The lowest BCUT2D eigenvalue weighted by Gasteiger charge is -2.12. The van der Waals surface area contributed by atoms with Gasteiger partial charge in [-0.1, -0.05) is 35.9 Å². The molecule has 5 nitrogen and oxygen atoms in total. The normalized spacial score (nSPS) is 14.5. The Kier molecular flexibility index (Phi) is 5.46. The molecule has 0 radical (unpaired) electrons. The second kappa shape index (κ2) is 8.17. The van der Waals surface area contributed by atoms with Crippen LogP contribution in [0.2, 0.25) is 5.02 Å². The summed E-state index contributed by atoms with van der Waals surface area (Å²) in [6.07, 6.45) is 2.63. The summed E-state index contributed by atoms with van der Waals surface area (Å²) >= 11 is 5.91. The van der Waals surface area contributed by atoms with Crippen LogP contribution < -0.4 is 15.6 Å². The first kappa shape index (κ1) is 18.7. The van der Waals surface area contributed by atoms with Gasteiger partial charge in [0, 0.05) is 36.0 Å². The van der Waals surface area contributed by atoms with Gasteiger partial charge in [-0.15, -0.1) is 0 Å². The van der Waals surface area contributed by atoms with E-state index in [-0.39, 0.29) is 11.2 Å². The fourth-order valence-corrected chi connectivity index (χ4v) is 3.80. The number of likely N-dealkylation sites (tertiary alicyclic amines) is 1. The minimum atomic E-state index is -0.417. The highest BCUT2D eigenvalue weighted by atomic mass is 35.5. The highest BCUT2D eigenvalue weighted by Gasteiger charge is 2.15. The Labute approximate surface area is 167 Å². The molecule has 6 heteroatoms. The quantitative estimate of drug-likeness (QED) is 0.695. The molecule has 0 aliphatic carbocycles. The van der Waals surface area contributed by atoms with Gasteiger partial charge in [-0.25, -0.2) is 0 Å². The molecule has 2 N–H and O–H groups in total. The van der Waals surface area contributed by atoms with Gasteiger partial charge in [-0.3, -0.25) is 9.59 Å². The zero-order chi connectivity index (χ0) is 19.5. The molecule has 4 rings (SSSR count). The Morgan fingerprint density at radius 1 is 1.04 bits per heavy atom. The fourth-order valence-electron chi connectivity index (χ4n) is 3.63. The maximum atomic E-state index is 12.4. The van der Waals surface area contributed by atoms with E-state index in [1.165, 1.54) is 43.6 Å². The molecule has 3 aromatic rings. The van der Waals surface area contributed by atoms with Crippen LogP contribution in [0.4, 0.5) is 0 Å². The van der Waals surface area contributed by atoms with Gasteiger partial charge >= 0.3 is 0 Å². The number of halogens is 1. The predicted molar refractivity (Wildman–Crippen MR) is 109 cm³/mol. The second-order valence-corrected chi connectivity index (χ2v) is 7.68. The highest BCUT2D eigenvalue weighted by molar-refractivity contribution is 6.31. The summed E-state index contributed by atoms with van der Waals surface area (Å²) in [5, 5.41) is 3.62. The molecular weight excluding hydrogens is 376 g/mol. The smallest absolute Gasteiger partial charge is 0.287 e. The lowest BCUT2D eigenvalue weighted by molar-refractivity contribution is -0.901. The van der Waals surface area contributed by atoms with Crippen LogP contribution >= 0.6 is 11.6 Å². The van der Waals surface area contributed by atoms with Crippen LogP contribution in [0.15, 0.2) is 57.7 Å². The molecule has 0 bridgehead atoms. The van der Waals surface area contributed by atoms with E-state index in [1.807, 2.05) is 12.1 Å². The lowest BCUT2D eigenvalue weighted by atomic mass is 10.1. The highest BCUT2D eigenvalue weighted by Crippen LogP contribution is 2.17. The van der Waals surface area contributed by atoms with Crippen molar-refractivity contribution in [3.05, 3.63) is 80.7 Å². The van der Waals surface area contributed by atoms with Crippen LogP contribution in [0.1, 0.15) is 34.5 Å². The van der Waals surface area contributed by atoms with Gasteiger partial charge in [-0.2, -0.15) is 0 Å². The molecule has 1 saturated heterocycles. The topological polar surface area (TPSA) is 63.8 Å². The monoisotopic (exact) mass is 397 g/mol. The lowest BCUT2D eigenvalue weighted by Crippen LogP contribution is -3.08. The molecule has 1 aromatic heterocycles. The van der Waals surface area contributed by atoms with Crippen LogP contribution in [0.3, 0.4) is 0 Å². The van der Waals surface area contributed by atoms with E-state index in [9.17, 15) is 9.59 Å². The molecule has 2 aromatic carbocycles. The van der Waals surface area contributed by atoms with Crippen LogP contribution in [0.5, 0.6) is 0 Å². The third kappa shape index (κ3) is 4.26. The fraction of sp³-hybridized carbons (Fsp3) is 0.273. The molecule has 144 valence electrons. The number of nitrogens with one attached hydrogen (secondary N) is 2. The summed E-state index contributed by atoms with van der Waals surface area (Å²) in [5.74, 6) is -0.423. The number of carbonyl (C=O) groups is 1. The first-order valence-electron chi connectivity index (χ1n) is 9.51. The molecule has 0 atom stereocenters. The number of quaternary nitrogens is 1. The van der Waals surface area contributed by atoms with Crippen LogP contribution in [0.25, 0.3) is 11.0 Å². The molecule has 1 amide bonds. The molecule has 0 spiro atoms. The average Bonchev–Trinajstić information content (AvgIpc) is 3.20. The summed E-state index contributed by atoms with van der Waals surface area (Å²) in [4.78, 5) is 26.2. The van der Waals surface area contributed by atoms with Gasteiger partial charge in [0.1, 0.15) is 12.1 Å². The van der Waals surface area contributed by atoms with E-state index in [4.69, 9.17) is 16.0 Å². The first-order chi connectivity index (χ1) is 13.6. The summed E-state index contributed by atoms with van der Waals surface area (Å²) in [5.41, 5.74) is 2.37. The van der Waals surface area contributed by atoms with Gasteiger partial charge in [0.25, 0.3) is 5.91 Å². The van der Waals surface area contributed by atoms with E-state index in [1.54, 1.807) is 17.0 Å². The van der Waals surface area contributed by atoms with Crippen molar-refractivity contribution in [2.24, 2.45) is 0 Å². The van der Waals surface area contributed by atoms with Gasteiger partial charge < -0.3 is 14.6 Å². The second-order valence-electron chi connectivity index (χ2n) is 7.25. The predicted octanol–water partition coefficient (Wildman–Crippen LogP) is 2.56. The third-order valence-corrected chi connectivity index (χ3v) is 5.39. The average molecular weight is 398 g/mol. The molecule has 1 aliphatic rings. The van der Waals surface area contributed by atoms with Gasteiger partial charge in [0.05, 0.1) is 18.5 Å². The van der Waals surface area contributed by atoms with Crippen molar-refractivity contribution in [3.63, 3.8) is 0 Å². The van der Waals surface area contributed by atoms with Crippen molar-refractivity contribution >= 4 is 28.5 Å². The van der Waals surface area contributed by atoms with E-state index < -0.39 is 5.91 Å². The number of hydrogen-bond donors (Lipinski definition) is 2. The van der Waals surface area contributed by atoms with Crippen LogP contribution in [0, 0.1) is 0 Å². The minimum Gasteiger partial charge on any atom is -0.451 e. The zero-order valence-electron chi connectivity index (χ0n) is 15.5. The summed E-state index contributed by atoms with van der Waals surface area (Å²) in [6.45, 7) is 3.93. The third-order valence-electron chi connectivity index (χ3n) is 5.15. The van der Waals surface area contributed by atoms with Crippen molar-refractivity contribution in [3.8, 4) is 0 Å². The van der Waals surface area contributed by atoms with Gasteiger partial charge in [-0.05, 0) is 23.8 Å². The largest absolute Gasteiger partial charge is 0.451 e. The molecule has 2 heterocycles. The van der Waals surface area contributed by atoms with Crippen molar-refractivity contribution in [1.29, 1.82) is 0 Å². The molecule has 0 saturated carbocycles. The first-order valence-corrected chi connectivity index (χ1v) is 9.89. The van der Waals surface area contributed by atoms with Gasteiger partial charge in [0.2, 0.25) is 0 Å². The number of benzene rings is 2. The number of hydrogen-bond acceptors (Lipinski definition) is 3. The molecular formula is C22H22ClN2O3+. The van der Waals surface area contributed by atoms with Gasteiger partial charge in [0.15, 0.2) is 11.2 Å². The van der Waals surface area contributed by atoms with E-state index in [2.05, 4.69) is 17.4 Å². The van der Waals surface area contributed by atoms with Crippen molar-refractivity contribution in [2.75, 3.05) is 13.1 Å². The number of carbonyl (C=O) groups excluding carboxylic acids is 1. The van der Waals surface area contributed by atoms with E-state index in [0.717, 1.165) is 12.1 Å². The van der Waals surface area contributed by atoms with Crippen LogP contribution in [-0.4, -0.2) is 19.0 Å². The van der Waals surface area contributed by atoms with E-state index >= 15 is 0 Å². The molecule has 1 aliphatic heterocycles. The Bertz CT molecular complexity index is 1050. The minimum absolute atomic E-state index is 0.00549. The molecule has 1 fully saturated rings. The standard InChI is InChI=1S/C22H21ClN2O3/c23-17-7-8-20-18(11-17)19(26)12-21(28-20)22(27)24-13-15-3-5-16(6-4-15)14-25-9-1-2-10-25/h3-8,11-12H,1-2,9-10,13-14H2,(H,24,27)/p+1. The maximum Gasteiger partial charge on any atom is 0.287 e. The van der Waals surface area contributed by atoms with Crippen molar-refractivity contribution in [2.45, 2.75) is 25.9 Å². The number of amides is 1. The summed E-state index contributed by atoms with van der Waals surface area (Å²) in [7, 11) is 0. The zero-order valence-corrected chi connectivity index (χ0v) is 16.2. The Morgan fingerprint density at radius 3 is 2.50 bits per heavy atom. The Hall–Kier alpha value is -2.63. The Balaban J connectivity index is 1.40. The maximum absolute atomic E-state index is 12.4. The molecule has 0 unspecified atom stereocenters. The van der Waals surface area contributed by atoms with Crippen molar-refractivity contribution in [1.82, 2.24) is 5.32 Å². The van der Waals surface area contributed by atoms with Crippen molar-refractivity contribution < 1.29 is 14.1 Å². The SMILES string of the molecule is O=C(NCc1ccc(C[NH+]2CCCC2)cc1)c1cc(=O)c2cc(Cl)ccc2o1. The number of rotatable bonds is 5. The summed E-state index contributed by atoms with van der Waals surface area (Å²) in [6, 6.07) is 14.3. The number of fused-ring (bicyclic) bond motifs is 1. The van der Waals surface area contributed by atoms with E-state index in [0.29, 0.717) is 22.5 Å². The molecule has 28 heavy (non-hydrogen) atoms. The van der Waals surface area contributed by atoms with Crippen LogP contribution in [-0.2, 0) is 13.1 Å².